The number of likely N-dealkylation sites (N-methyl/N-ethyl adjacent to an activating group) is 1. The molecule has 0 atom stereocenters. The van der Waals surface area contributed by atoms with Gasteiger partial charge in [-0.3, -0.25) is 4.90 Å². The van der Waals surface area contributed by atoms with E-state index in [-0.39, 0.29) is 0 Å². The van der Waals surface area contributed by atoms with E-state index in [4.69, 9.17) is 5.73 Å². The molecule has 16 heavy (non-hydrogen) atoms. The number of hydrogen-bond acceptors (Lipinski definition) is 3. The molecule has 88 valence electrons. The fraction of sp³-hybridized carbons (Fsp3) is 0.538. The van der Waals surface area contributed by atoms with Gasteiger partial charge >= 0.3 is 0 Å². The summed E-state index contributed by atoms with van der Waals surface area (Å²) in [6, 6.07) is 8.17. The molecule has 0 spiro atoms. The van der Waals surface area contributed by atoms with Crippen LogP contribution in [0.4, 0.5) is 5.69 Å². The van der Waals surface area contributed by atoms with Gasteiger partial charge in [0.15, 0.2) is 0 Å². The molecule has 1 saturated heterocycles. The van der Waals surface area contributed by atoms with Gasteiger partial charge in [0, 0.05) is 25.3 Å². The first-order valence-electron chi connectivity index (χ1n) is 6.00. The fourth-order valence-corrected chi connectivity index (χ4v) is 2.18. The molecule has 1 aliphatic heterocycles. The molecule has 0 saturated carbocycles. The number of hydrogen-bond donors (Lipinski definition) is 1. The van der Waals surface area contributed by atoms with Crippen molar-refractivity contribution >= 4 is 5.69 Å². The Bertz CT molecular complexity index is 338. The SMILES string of the molecule is CN1CCCN(Cc2ccccc2N)CC1. The van der Waals surface area contributed by atoms with E-state index in [1.807, 2.05) is 12.1 Å². The standard InChI is InChI=1S/C13H21N3/c1-15-7-4-8-16(10-9-15)11-12-5-2-3-6-13(12)14/h2-3,5-6H,4,7-11,14H2,1H3. The van der Waals surface area contributed by atoms with Crippen LogP contribution in [0.2, 0.25) is 0 Å². The van der Waals surface area contributed by atoms with Gasteiger partial charge in [-0.15, -0.1) is 0 Å². The summed E-state index contributed by atoms with van der Waals surface area (Å²) < 4.78 is 0. The molecule has 0 bridgehead atoms. The maximum Gasteiger partial charge on any atom is 0.0359 e. The molecule has 1 fully saturated rings. The topological polar surface area (TPSA) is 32.5 Å². The maximum atomic E-state index is 5.97. The highest BCUT2D eigenvalue weighted by atomic mass is 15.2. The van der Waals surface area contributed by atoms with Crippen LogP contribution in [0.1, 0.15) is 12.0 Å². The van der Waals surface area contributed by atoms with E-state index in [1.165, 1.54) is 25.1 Å². The Balaban J connectivity index is 1.96. The van der Waals surface area contributed by atoms with Gasteiger partial charge in [-0.05, 0) is 38.2 Å². The molecule has 0 radical (unpaired) electrons. The summed E-state index contributed by atoms with van der Waals surface area (Å²) in [7, 11) is 2.19. The number of nitrogens with zero attached hydrogens (tertiary/aromatic N) is 2. The normalized spacial score (nSPS) is 19.6. The van der Waals surface area contributed by atoms with E-state index in [0.717, 1.165) is 25.3 Å². The molecule has 2 N–H and O–H groups in total. The predicted octanol–water partition coefficient (Wildman–Crippen LogP) is 1.41. The minimum absolute atomic E-state index is 0.917. The third kappa shape index (κ3) is 2.97. The van der Waals surface area contributed by atoms with Crippen molar-refractivity contribution in [1.29, 1.82) is 0 Å². The average molecular weight is 219 g/mol. The zero-order valence-electron chi connectivity index (χ0n) is 10.0. The van der Waals surface area contributed by atoms with Gasteiger partial charge < -0.3 is 10.6 Å². The van der Waals surface area contributed by atoms with Crippen LogP contribution in [-0.4, -0.2) is 43.0 Å². The summed E-state index contributed by atoms with van der Waals surface area (Å²) in [6.07, 6.45) is 1.25. The molecule has 0 aliphatic carbocycles. The molecule has 0 aromatic heterocycles. The quantitative estimate of drug-likeness (QED) is 0.763. The first-order valence-corrected chi connectivity index (χ1v) is 6.00. The molecule has 1 aliphatic rings. The van der Waals surface area contributed by atoms with Crippen molar-refractivity contribution < 1.29 is 0 Å². The molecular weight excluding hydrogens is 198 g/mol. The number of benzene rings is 1. The summed E-state index contributed by atoms with van der Waals surface area (Å²) in [5.74, 6) is 0. The molecule has 1 heterocycles. The number of nitrogen functional groups attached to an aromatic ring is 1. The van der Waals surface area contributed by atoms with Crippen molar-refractivity contribution in [3.8, 4) is 0 Å². The number of rotatable bonds is 2. The van der Waals surface area contributed by atoms with E-state index < -0.39 is 0 Å². The van der Waals surface area contributed by atoms with E-state index in [1.54, 1.807) is 0 Å². The molecular formula is C13H21N3. The largest absolute Gasteiger partial charge is 0.398 e. The summed E-state index contributed by atoms with van der Waals surface area (Å²) in [4.78, 5) is 4.89. The van der Waals surface area contributed by atoms with E-state index in [9.17, 15) is 0 Å². The number of anilines is 1. The highest BCUT2D eigenvalue weighted by molar-refractivity contribution is 5.46. The van der Waals surface area contributed by atoms with Crippen molar-refractivity contribution in [1.82, 2.24) is 9.80 Å². The van der Waals surface area contributed by atoms with Crippen LogP contribution in [0.15, 0.2) is 24.3 Å². The molecule has 0 amide bonds. The third-order valence-corrected chi connectivity index (χ3v) is 3.26. The monoisotopic (exact) mass is 219 g/mol. The van der Waals surface area contributed by atoms with Crippen molar-refractivity contribution in [2.24, 2.45) is 0 Å². The van der Waals surface area contributed by atoms with Crippen LogP contribution < -0.4 is 5.73 Å². The minimum Gasteiger partial charge on any atom is -0.398 e. The minimum atomic E-state index is 0.917. The van der Waals surface area contributed by atoms with Crippen molar-refractivity contribution in [2.45, 2.75) is 13.0 Å². The van der Waals surface area contributed by atoms with Crippen LogP contribution in [-0.2, 0) is 6.54 Å². The highest BCUT2D eigenvalue weighted by Crippen LogP contribution is 2.14. The van der Waals surface area contributed by atoms with Crippen molar-refractivity contribution in [3.63, 3.8) is 0 Å². The van der Waals surface area contributed by atoms with Crippen LogP contribution in [0.3, 0.4) is 0 Å². The Morgan fingerprint density at radius 2 is 1.94 bits per heavy atom. The smallest absolute Gasteiger partial charge is 0.0359 e. The van der Waals surface area contributed by atoms with Crippen LogP contribution in [0, 0.1) is 0 Å². The lowest BCUT2D eigenvalue weighted by molar-refractivity contribution is 0.269. The zero-order valence-corrected chi connectivity index (χ0v) is 10.0. The van der Waals surface area contributed by atoms with Crippen LogP contribution in [0.25, 0.3) is 0 Å². The lowest BCUT2D eigenvalue weighted by Gasteiger charge is -2.20. The van der Waals surface area contributed by atoms with E-state index >= 15 is 0 Å². The van der Waals surface area contributed by atoms with Gasteiger partial charge in [0.2, 0.25) is 0 Å². The van der Waals surface area contributed by atoms with Gasteiger partial charge in [0.25, 0.3) is 0 Å². The molecule has 1 aromatic carbocycles. The predicted molar refractivity (Wildman–Crippen MR) is 68.2 cm³/mol. The van der Waals surface area contributed by atoms with E-state index in [0.29, 0.717) is 0 Å². The van der Waals surface area contributed by atoms with E-state index in [2.05, 4.69) is 29.0 Å². The van der Waals surface area contributed by atoms with Crippen LogP contribution in [0.5, 0.6) is 0 Å². The second kappa shape index (κ2) is 5.32. The Morgan fingerprint density at radius 1 is 1.12 bits per heavy atom. The first-order chi connectivity index (χ1) is 7.75. The molecule has 2 rings (SSSR count). The maximum absolute atomic E-state index is 5.97. The summed E-state index contributed by atoms with van der Waals surface area (Å²) in [5.41, 5.74) is 8.14. The molecule has 1 aromatic rings. The van der Waals surface area contributed by atoms with Crippen molar-refractivity contribution in [2.75, 3.05) is 39.0 Å². The third-order valence-electron chi connectivity index (χ3n) is 3.26. The van der Waals surface area contributed by atoms with Gasteiger partial charge in [-0.1, -0.05) is 18.2 Å². The highest BCUT2D eigenvalue weighted by Gasteiger charge is 2.12. The second-order valence-electron chi connectivity index (χ2n) is 4.63. The number of para-hydroxylation sites is 1. The van der Waals surface area contributed by atoms with Crippen LogP contribution >= 0.6 is 0 Å². The Morgan fingerprint density at radius 3 is 2.75 bits per heavy atom. The van der Waals surface area contributed by atoms with Gasteiger partial charge in [0.1, 0.15) is 0 Å². The second-order valence-corrected chi connectivity index (χ2v) is 4.63. The van der Waals surface area contributed by atoms with Gasteiger partial charge in [-0.25, -0.2) is 0 Å². The summed E-state index contributed by atoms with van der Waals surface area (Å²) >= 11 is 0. The van der Waals surface area contributed by atoms with Crippen molar-refractivity contribution in [3.05, 3.63) is 29.8 Å². The summed E-state index contributed by atoms with van der Waals surface area (Å²) in [6.45, 7) is 5.68. The Labute approximate surface area is 97.8 Å². The van der Waals surface area contributed by atoms with Gasteiger partial charge in [-0.2, -0.15) is 0 Å². The fourth-order valence-electron chi connectivity index (χ4n) is 2.18. The number of nitrogens with two attached hydrogens (primary N) is 1. The molecule has 0 unspecified atom stereocenters. The summed E-state index contributed by atoms with van der Waals surface area (Å²) in [5, 5.41) is 0. The average Bonchev–Trinajstić information content (AvgIpc) is 2.47. The Hall–Kier alpha value is -1.06. The Kier molecular flexibility index (Phi) is 3.80. The molecule has 3 nitrogen and oxygen atoms in total. The lowest BCUT2D eigenvalue weighted by atomic mass is 10.1. The van der Waals surface area contributed by atoms with Gasteiger partial charge in [0.05, 0.1) is 0 Å². The zero-order chi connectivity index (χ0) is 11.4. The lowest BCUT2D eigenvalue weighted by Crippen LogP contribution is -2.28. The molecule has 3 heteroatoms. The first kappa shape index (κ1) is 11.4.